The quantitative estimate of drug-likeness (QED) is 0.581. The minimum Gasteiger partial charge on any atom is -0.333 e. The molecular weight excluding hydrogens is 228 g/mol. The SMILES string of the molecule is CSc1nc(=O)n(C2CCCC2)c(=O)n1N. The molecular formula is C9H14N4O2S. The predicted molar refractivity (Wildman–Crippen MR) is 62.2 cm³/mol. The van der Waals surface area contributed by atoms with Crippen LogP contribution in [0.15, 0.2) is 14.7 Å². The Labute approximate surface area is 96.5 Å². The maximum absolute atomic E-state index is 11.9. The van der Waals surface area contributed by atoms with E-state index in [1.807, 2.05) is 0 Å². The van der Waals surface area contributed by atoms with E-state index in [-0.39, 0.29) is 11.2 Å². The number of aromatic nitrogens is 3. The molecule has 0 radical (unpaired) electrons. The summed E-state index contributed by atoms with van der Waals surface area (Å²) in [4.78, 5) is 27.4. The number of hydrogen-bond donors (Lipinski definition) is 1. The smallest absolute Gasteiger partial charge is 0.333 e. The first-order chi connectivity index (χ1) is 7.65. The van der Waals surface area contributed by atoms with Crippen molar-refractivity contribution in [2.45, 2.75) is 36.9 Å². The van der Waals surface area contributed by atoms with Crippen molar-refractivity contribution in [3.63, 3.8) is 0 Å². The highest BCUT2D eigenvalue weighted by Gasteiger charge is 2.22. The van der Waals surface area contributed by atoms with Crippen LogP contribution in [0.5, 0.6) is 0 Å². The summed E-state index contributed by atoms with van der Waals surface area (Å²) in [6, 6.07) is -0.0294. The van der Waals surface area contributed by atoms with E-state index in [4.69, 9.17) is 5.84 Å². The molecule has 0 atom stereocenters. The Hall–Kier alpha value is -1.24. The molecule has 1 heterocycles. The molecule has 1 aliphatic rings. The van der Waals surface area contributed by atoms with Gasteiger partial charge in [0.05, 0.1) is 0 Å². The highest BCUT2D eigenvalue weighted by Crippen LogP contribution is 2.26. The van der Waals surface area contributed by atoms with Gasteiger partial charge in [-0.2, -0.15) is 9.66 Å². The van der Waals surface area contributed by atoms with Gasteiger partial charge in [0.2, 0.25) is 0 Å². The molecule has 0 aromatic carbocycles. The number of hydrogen-bond acceptors (Lipinski definition) is 5. The third-order valence-electron chi connectivity index (χ3n) is 2.89. The van der Waals surface area contributed by atoms with Crippen molar-refractivity contribution < 1.29 is 0 Å². The molecule has 7 heteroatoms. The zero-order valence-electron chi connectivity index (χ0n) is 9.05. The third kappa shape index (κ3) is 1.75. The largest absolute Gasteiger partial charge is 0.354 e. The molecule has 2 rings (SSSR count). The summed E-state index contributed by atoms with van der Waals surface area (Å²) < 4.78 is 2.14. The van der Waals surface area contributed by atoms with Crippen LogP contribution in [0.3, 0.4) is 0 Å². The first-order valence-corrected chi connectivity index (χ1v) is 6.42. The maximum Gasteiger partial charge on any atom is 0.354 e. The molecule has 2 N–H and O–H groups in total. The fraction of sp³-hybridized carbons (Fsp3) is 0.667. The Morgan fingerprint density at radius 3 is 2.56 bits per heavy atom. The van der Waals surface area contributed by atoms with Gasteiger partial charge in [0.15, 0.2) is 5.16 Å². The molecule has 1 aromatic rings. The van der Waals surface area contributed by atoms with Crippen LogP contribution in [0.25, 0.3) is 0 Å². The Balaban J connectivity index is 2.58. The zero-order valence-corrected chi connectivity index (χ0v) is 9.87. The van der Waals surface area contributed by atoms with E-state index < -0.39 is 11.4 Å². The summed E-state index contributed by atoms with van der Waals surface area (Å²) >= 11 is 1.19. The summed E-state index contributed by atoms with van der Waals surface area (Å²) in [7, 11) is 0. The molecule has 6 nitrogen and oxygen atoms in total. The third-order valence-corrected chi connectivity index (χ3v) is 3.54. The first kappa shape index (κ1) is 11.3. The predicted octanol–water partition coefficient (Wildman–Crippen LogP) is -0.0442. The van der Waals surface area contributed by atoms with Gasteiger partial charge in [-0.1, -0.05) is 24.6 Å². The second kappa shape index (κ2) is 4.32. The Morgan fingerprint density at radius 1 is 1.38 bits per heavy atom. The molecule has 88 valence electrons. The van der Waals surface area contributed by atoms with Crippen LogP contribution in [-0.2, 0) is 0 Å². The molecule has 0 amide bonds. The fourth-order valence-corrected chi connectivity index (χ4v) is 2.53. The van der Waals surface area contributed by atoms with Crippen LogP contribution in [0.1, 0.15) is 31.7 Å². The van der Waals surface area contributed by atoms with Gasteiger partial charge >= 0.3 is 11.4 Å². The van der Waals surface area contributed by atoms with Crippen LogP contribution in [-0.4, -0.2) is 20.5 Å². The number of nitrogens with zero attached hydrogens (tertiary/aromatic N) is 3. The molecule has 1 aliphatic carbocycles. The topological polar surface area (TPSA) is 82.9 Å². The Morgan fingerprint density at radius 2 is 2.00 bits per heavy atom. The lowest BCUT2D eigenvalue weighted by Gasteiger charge is -2.13. The van der Waals surface area contributed by atoms with Gasteiger partial charge in [0, 0.05) is 6.04 Å². The highest BCUT2D eigenvalue weighted by atomic mass is 32.2. The highest BCUT2D eigenvalue weighted by molar-refractivity contribution is 7.98. The second-order valence-corrected chi connectivity index (χ2v) is 4.62. The van der Waals surface area contributed by atoms with E-state index in [9.17, 15) is 9.59 Å². The van der Waals surface area contributed by atoms with E-state index in [0.717, 1.165) is 30.4 Å². The van der Waals surface area contributed by atoms with Crippen molar-refractivity contribution in [2.75, 3.05) is 12.1 Å². The number of nitrogens with two attached hydrogens (primary N) is 1. The van der Waals surface area contributed by atoms with Gasteiger partial charge in [0.1, 0.15) is 0 Å². The van der Waals surface area contributed by atoms with Crippen molar-refractivity contribution in [3.8, 4) is 0 Å². The van der Waals surface area contributed by atoms with Gasteiger partial charge in [-0.05, 0) is 19.1 Å². The molecule has 0 spiro atoms. The molecule has 16 heavy (non-hydrogen) atoms. The summed E-state index contributed by atoms with van der Waals surface area (Å²) in [6.07, 6.45) is 5.53. The minimum atomic E-state index is -0.483. The van der Waals surface area contributed by atoms with Crippen molar-refractivity contribution in [2.24, 2.45) is 0 Å². The van der Waals surface area contributed by atoms with Crippen LogP contribution in [0.4, 0.5) is 0 Å². The van der Waals surface area contributed by atoms with Crippen LogP contribution < -0.4 is 17.2 Å². The maximum atomic E-state index is 11.9. The molecule has 0 bridgehead atoms. The molecule has 1 saturated carbocycles. The standard InChI is InChI=1S/C9H14N4O2S/c1-16-8-11-7(14)12(9(15)13(8)10)6-4-2-3-5-6/h6H,2-5,10H2,1H3. The van der Waals surface area contributed by atoms with E-state index in [2.05, 4.69) is 4.98 Å². The molecule has 0 saturated heterocycles. The lowest BCUT2D eigenvalue weighted by molar-refractivity contribution is 0.439. The van der Waals surface area contributed by atoms with Crippen molar-refractivity contribution >= 4 is 11.8 Å². The van der Waals surface area contributed by atoms with Crippen molar-refractivity contribution in [1.29, 1.82) is 0 Å². The lowest BCUT2D eigenvalue weighted by atomic mass is 10.2. The van der Waals surface area contributed by atoms with Gasteiger partial charge in [-0.3, -0.25) is 0 Å². The summed E-state index contributed by atoms with van der Waals surface area (Å²) in [5.74, 6) is 5.59. The monoisotopic (exact) mass is 242 g/mol. The average Bonchev–Trinajstić information content (AvgIpc) is 2.77. The summed E-state index contributed by atoms with van der Waals surface area (Å²) in [5.41, 5.74) is -0.945. The van der Waals surface area contributed by atoms with Gasteiger partial charge in [-0.25, -0.2) is 14.2 Å². The molecule has 1 fully saturated rings. The normalized spacial score (nSPS) is 16.8. The first-order valence-electron chi connectivity index (χ1n) is 5.20. The second-order valence-electron chi connectivity index (χ2n) is 3.84. The van der Waals surface area contributed by atoms with Crippen molar-refractivity contribution in [1.82, 2.24) is 14.2 Å². The van der Waals surface area contributed by atoms with Crippen LogP contribution in [0, 0.1) is 0 Å². The number of rotatable bonds is 2. The zero-order chi connectivity index (χ0) is 11.7. The minimum absolute atomic E-state index is 0.0294. The Kier molecular flexibility index (Phi) is 3.04. The van der Waals surface area contributed by atoms with E-state index in [0.29, 0.717) is 0 Å². The molecule has 0 aliphatic heterocycles. The van der Waals surface area contributed by atoms with Gasteiger partial charge < -0.3 is 5.84 Å². The fourth-order valence-electron chi connectivity index (χ4n) is 2.09. The lowest BCUT2D eigenvalue weighted by Crippen LogP contribution is -2.46. The molecule has 1 aromatic heterocycles. The van der Waals surface area contributed by atoms with Crippen LogP contribution >= 0.6 is 11.8 Å². The van der Waals surface area contributed by atoms with E-state index >= 15 is 0 Å². The Bertz CT molecular complexity index is 501. The van der Waals surface area contributed by atoms with Crippen molar-refractivity contribution in [3.05, 3.63) is 21.0 Å². The summed E-state index contributed by atoms with van der Waals surface area (Å²) in [5, 5.41) is 0.254. The summed E-state index contributed by atoms with van der Waals surface area (Å²) in [6.45, 7) is 0. The van der Waals surface area contributed by atoms with Crippen LogP contribution in [0.2, 0.25) is 0 Å². The van der Waals surface area contributed by atoms with E-state index in [1.54, 1.807) is 6.26 Å². The van der Waals surface area contributed by atoms with E-state index in [1.165, 1.54) is 16.3 Å². The number of thioether (sulfide) groups is 1. The molecule has 0 unspecified atom stereocenters. The van der Waals surface area contributed by atoms with Gasteiger partial charge in [0.25, 0.3) is 0 Å². The average molecular weight is 242 g/mol. The number of nitrogen functional groups attached to an aromatic ring is 1. The van der Waals surface area contributed by atoms with Gasteiger partial charge in [-0.15, -0.1) is 0 Å².